The Balaban J connectivity index is 1.80. The van der Waals surface area contributed by atoms with Crippen molar-refractivity contribution in [2.75, 3.05) is 11.9 Å². The number of amides is 1. The molecule has 134 valence electrons. The van der Waals surface area contributed by atoms with Crippen LogP contribution in [0, 0.1) is 0 Å². The number of carbonyl (C=O) groups is 1. The van der Waals surface area contributed by atoms with Crippen molar-refractivity contribution in [1.29, 1.82) is 0 Å². The number of pyridine rings is 1. The average molecular weight is 350 g/mol. The molecule has 0 bridgehead atoms. The molecular weight excluding hydrogens is 328 g/mol. The van der Waals surface area contributed by atoms with Crippen molar-refractivity contribution in [3.8, 4) is 0 Å². The van der Waals surface area contributed by atoms with E-state index < -0.39 is 0 Å². The molecule has 0 fully saturated rings. The normalized spacial score (nSPS) is 10.7. The zero-order chi connectivity index (χ0) is 18.5. The summed E-state index contributed by atoms with van der Waals surface area (Å²) >= 11 is 0. The Labute approximate surface area is 152 Å². The highest BCUT2D eigenvalue weighted by molar-refractivity contribution is 5.73. The van der Waals surface area contributed by atoms with Crippen LogP contribution < -0.4 is 10.9 Å². The number of hydrogen-bond acceptors (Lipinski definition) is 4. The second-order valence-corrected chi connectivity index (χ2v) is 6.06. The topological polar surface area (TPSA) is 66.7 Å². The van der Waals surface area contributed by atoms with E-state index in [-0.39, 0.29) is 11.5 Å². The van der Waals surface area contributed by atoms with Crippen molar-refractivity contribution in [2.24, 2.45) is 0 Å². The lowest BCUT2D eigenvalue weighted by Crippen LogP contribution is -2.28. The summed E-state index contributed by atoms with van der Waals surface area (Å²) in [5, 5.41) is 3.34. The van der Waals surface area contributed by atoms with Gasteiger partial charge in [0.2, 0.25) is 5.91 Å². The van der Waals surface area contributed by atoms with E-state index in [0.29, 0.717) is 31.0 Å². The third-order valence-electron chi connectivity index (χ3n) is 4.29. The highest BCUT2D eigenvalue weighted by Gasteiger charge is 2.10. The van der Waals surface area contributed by atoms with E-state index in [1.807, 2.05) is 43.3 Å². The van der Waals surface area contributed by atoms with Gasteiger partial charge in [-0.05, 0) is 30.7 Å². The second-order valence-electron chi connectivity index (χ2n) is 6.06. The Hall–Kier alpha value is -3.15. The summed E-state index contributed by atoms with van der Waals surface area (Å²) in [6, 6.07) is 14.9. The minimum Gasteiger partial charge on any atom is -0.379 e. The van der Waals surface area contributed by atoms with Crippen molar-refractivity contribution < 1.29 is 4.79 Å². The summed E-state index contributed by atoms with van der Waals surface area (Å²) in [7, 11) is 0. The largest absolute Gasteiger partial charge is 0.379 e. The van der Waals surface area contributed by atoms with Crippen LogP contribution in [0.25, 0.3) is 5.65 Å². The van der Waals surface area contributed by atoms with Gasteiger partial charge in [0.1, 0.15) is 5.65 Å². The van der Waals surface area contributed by atoms with Crippen molar-refractivity contribution in [3.63, 3.8) is 0 Å². The van der Waals surface area contributed by atoms with E-state index in [1.54, 1.807) is 24.1 Å². The van der Waals surface area contributed by atoms with Crippen molar-refractivity contribution in [1.82, 2.24) is 14.3 Å². The predicted molar refractivity (Wildman–Crippen MR) is 102 cm³/mol. The molecule has 1 aromatic carbocycles. The summed E-state index contributed by atoms with van der Waals surface area (Å²) in [6.07, 6.45) is 1.71. The number of benzene rings is 1. The third-order valence-corrected chi connectivity index (χ3v) is 4.29. The SMILES string of the molecule is CCN(Cc1ccccc1NCc1cc(=O)n2ccccc2n1)C(C)=O. The minimum absolute atomic E-state index is 0.0477. The van der Waals surface area contributed by atoms with Gasteiger partial charge < -0.3 is 10.2 Å². The standard InChI is InChI=1S/C20H22N4O2/c1-3-23(15(2)25)14-16-8-4-5-9-18(16)21-13-17-12-20(26)24-11-7-6-10-19(24)22-17/h4-12,21H,3,13-14H2,1-2H3. The molecule has 3 aromatic rings. The van der Waals surface area contributed by atoms with Crippen LogP contribution in [0.1, 0.15) is 25.1 Å². The first-order valence-corrected chi connectivity index (χ1v) is 8.63. The maximum absolute atomic E-state index is 12.2. The van der Waals surface area contributed by atoms with Crippen molar-refractivity contribution in [2.45, 2.75) is 26.9 Å². The third kappa shape index (κ3) is 3.91. The van der Waals surface area contributed by atoms with Gasteiger partial charge >= 0.3 is 0 Å². The molecule has 0 unspecified atom stereocenters. The molecule has 26 heavy (non-hydrogen) atoms. The number of aromatic nitrogens is 2. The molecule has 2 heterocycles. The maximum Gasteiger partial charge on any atom is 0.258 e. The molecular formula is C20H22N4O2. The monoisotopic (exact) mass is 350 g/mol. The fourth-order valence-corrected chi connectivity index (χ4v) is 2.86. The lowest BCUT2D eigenvalue weighted by molar-refractivity contribution is -0.129. The summed E-state index contributed by atoms with van der Waals surface area (Å²) in [5.41, 5.74) is 3.16. The number of para-hydroxylation sites is 1. The van der Waals surface area contributed by atoms with E-state index in [1.165, 1.54) is 10.5 Å². The van der Waals surface area contributed by atoms with Crippen LogP contribution in [0.3, 0.4) is 0 Å². The number of rotatable bonds is 6. The molecule has 6 heteroatoms. The Morgan fingerprint density at radius 2 is 1.96 bits per heavy atom. The molecule has 1 amide bonds. The van der Waals surface area contributed by atoms with Crippen molar-refractivity contribution >= 4 is 17.2 Å². The highest BCUT2D eigenvalue weighted by atomic mass is 16.2. The van der Waals surface area contributed by atoms with E-state index in [9.17, 15) is 9.59 Å². The van der Waals surface area contributed by atoms with Crippen LogP contribution in [0.5, 0.6) is 0 Å². The van der Waals surface area contributed by atoms with E-state index in [4.69, 9.17) is 0 Å². The van der Waals surface area contributed by atoms with Gasteiger partial charge in [0, 0.05) is 38.0 Å². The molecule has 0 saturated carbocycles. The first-order chi connectivity index (χ1) is 12.6. The molecule has 0 spiro atoms. The Bertz CT molecular complexity index is 981. The fraction of sp³-hybridized carbons (Fsp3) is 0.250. The van der Waals surface area contributed by atoms with Gasteiger partial charge in [-0.15, -0.1) is 0 Å². The van der Waals surface area contributed by atoms with E-state index in [2.05, 4.69) is 10.3 Å². The summed E-state index contributed by atoms with van der Waals surface area (Å²) in [5.74, 6) is 0.0477. The molecule has 2 aromatic heterocycles. The molecule has 0 aliphatic heterocycles. The van der Waals surface area contributed by atoms with Crippen LogP contribution in [0.4, 0.5) is 5.69 Å². The maximum atomic E-state index is 12.2. The van der Waals surface area contributed by atoms with Gasteiger partial charge in [-0.3, -0.25) is 14.0 Å². The van der Waals surface area contributed by atoms with Crippen LogP contribution in [-0.2, 0) is 17.9 Å². The van der Waals surface area contributed by atoms with Gasteiger partial charge in [0.15, 0.2) is 0 Å². The molecule has 0 aliphatic rings. The smallest absolute Gasteiger partial charge is 0.258 e. The molecule has 0 aliphatic carbocycles. The number of fused-ring (bicyclic) bond motifs is 1. The lowest BCUT2D eigenvalue weighted by Gasteiger charge is -2.21. The quantitative estimate of drug-likeness (QED) is 0.742. The molecule has 6 nitrogen and oxygen atoms in total. The van der Waals surface area contributed by atoms with Crippen LogP contribution in [-0.4, -0.2) is 26.7 Å². The van der Waals surface area contributed by atoms with Crippen LogP contribution in [0.2, 0.25) is 0 Å². The molecule has 0 radical (unpaired) electrons. The van der Waals surface area contributed by atoms with Crippen LogP contribution >= 0.6 is 0 Å². The summed E-state index contributed by atoms with van der Waals surface area (Å²) in [6.45, 7) is 5.18. The molecule has 0 atom stereocenters. The van der Waals surface area contributed by atoms with Gasteiger partial charge in [0.25, 0.3) is 5.56 Å². The Morgan fingerprint density at radius 3 is 2.73 bits per heavy atom. The number of hydrogen-bond donors (Lipinski definition) is 1. The Kier molecular flexibility index (Phi) is 5.31. The van der Waals surface area contributed by atoms with Gasteiger partial charge in [-0.1, -0.05) is 24.3 Å². The van der Waals surface area contributed by atoms with Gasteiger partial charge in [0.05, 0.1) is 12.2 Å². The zero-order valence-electron chi connectivity index (χ0n) is 15.0. The number of carbonyl (C=O) groups excluding carboxylic acids is 1. The first kappa shape index (κ1) is 17.7. The number of nitrogens with one attached hydrogen (secondary N) is 1. The molecule has 1 N–H and O–H groups in total. The Morgan fingerprint density at radius 1 is 1.19 bits per heavy atom. The predicted octanol–water partition coefficient (Wildman–Crippen LogP) is 2.68. The first-order valence-electron chi connectivity index (χ1n) is 8.63. The average Bonchev–Trinajstić information content (AvgIpc) is 2.65. The number of anilines is 1. The van der Waals surface area contributed by atoms with Crippen LogP contribution in [0.15, 0.2) is 59.5 Å². The zero-order valence-corrected chi connectivity index (χ0v) is 15.0. The number of nitrogens with zero attached hydrogens (tertiary/aromatic N) is 3. The fourth-order valence-electron chi connectivity index (χ4n) is 2.86. The second kappa shape index (κ2) is 7.82. The molecule has 3 rings (SSSR count). The highest BCUT2D eigenvalue weighted by Crippen LogP contribution is 2.18. The lowest BCUT2D eigenvalue weighted by atomic mass is 10.1. The van der Waals surface area contributed by atoms with Gasteiger partial charge in [-0.2, -0.15) is 0 Å². The van der Waals surface area contributed by atoms with E-state index in [0.717, 1.165) is 11.3 Å². The van der Waals surface area contributed by atoms with E-state index >= 15 is 0 Å². The van der Waals surface area contributed by atoms with Crippen molar-refractivity contribution in [3.05, 3.63) is 76.3 Å². The summed E-state index contributed by atoms with van der Waals surface area (Å²) < 4.78 is 1.52. The minimum atomic E-state index is -0.102. The molecule has 0 saturated heterocycles. The summed E-state index contributed by atoms with van der Waals surface area (Å²) in [4.78, 5) is 30.2. The van der Waals surface area contributed by atoms with Gasteiger partial charge in [-0.25, -0.2) is 4.98 Å².